The van der Waals surface area contributed by atoms with Crippen molar-refractivity contribution in [3.63, 3.8) is 0 Å². The molecule has 0 radical (unpaired) electrons. The molecule has 3 aromatic rings. The molecule has 25 heavy (non-hydrogen) atoms. The monoisotopic (exact) mass is 337 g/mol. The molecule has 1 heterocycles. The van der Waals surface area contributed by atoms with E-state index in [1.54, 1.807) is 19.1 Å². The molecule has 126 valence electrons. The van der Waals surface area contributed by atoms with Crippen LogP contribution in [-0.4, -0.2) is 17.2 Å². The minimum Gasteiger partial charge on any atom is -0.599 e. The van der Waals surface area contributed by atoms with Gasteiger partial charge in [-0.15, -0.1) is 0 Å². The molecule has 0 unspecified atom stereocenters. The highest BCUT2D eigenvalue weighted by Crippen LogP contribution is 2.38. The third kappa shape index (κ3) is 2.42. The maximum Gasteiger partial charge on any atom is 0.834 e. The molecular formula is C20H18BF2NO. The second-order valence-electron chi connectivity index (χ2n) is 6.58. The summed E-state index contributed by atoms with van der Waals surface area (Å²) in [4.78, 5) is 0. The van der Waals surface area contributed by atoms with E-state index >= 15 is 0 Å². The second-order valence-corrected chi connectivity index (χ2v) is 6.58. The maximum absolute atomic E-state index is 14.9. The molecule has 0 aromatic heterocycles. The van der Waals surface area contributed by atoms with Gasteiger partial charge in [-0.3, -0.25) is 0 Å². The van der Waals surface area contributed by atoms with Crippen LogP contribution in [0.5, 0.6) is 5.75 Å². The molecule has 5 heteroatoms. The highest BCUT2D eigenvalue weighted by atomic mass is 19.3. The van der Waals surface area contributed by atoms with Crippen molar-refractivity contribution in [1.82, 2.24) is 0 Å². The van der Waals surface area contributed by atoms with Crippen molar-refractivity contribution in [2.75, 3.05) is 0 Å². The number of benzene rings is 3. The summed E-state index contributed by atoms with van der Waals surface area (Å²) in [6.45, 7) is 5.54. The molecule has 0 spiro atoms. The van der Waals surface area contributed by atoms with E-state index in [1.165, 1.54) is 0 Å². The lowest BCUT2D eigenvalue weighted by Gasteiger charge is -2.32. The van der Waals surface area contributed by atoms with Crippen molar-refractivity contribution in [1.29, 1.82) is 0 Å². The Balaban J connectivity index is 2.07. The Labute approximate surface area is 145 Å². The van der Waals surface area contributed by atoms with Gasteiger partial charge in [0.25, 0.3) is 0 Å². The highest BCUT2D eigenvalue weighted by Gasteiger charge is 2.52. The van der Waals surface area contributed by atoms with E-state index in [1.807, 2.05) is 56.3 Å². The minimum absolute atomic E-state index is 0.238. The molecule has 0 amide bonds. The highest BCUT2D eigenvalue weighted by molar-refractivity contribution is 6.53. The van der Waals surface area contributed by atoms with E-state index in [2.05, 4.69) is 0 Å². The largest absolute Gasteiger partial charge is 0.834 e. The molecule has 2 nitrogen and oxygen atoms in total. The van der Waals surface area contributed by atoms with E-state index in [0.717, 1.165) is 31.9 Å². The first-order valence-corrected chi connectivity index (χ1v) is 8.31. The normalized spacial score (nSPS) is 15.9. The summed E-state index contributed by atoms with van der Waals surface area (Å²) in [5, 5.41) is 1.92. The predicted molar refractivity (Wildman–Crippen MR) is 98.2 cm³/mol. The van der Waals surface area contributed by atoms with Gasteiger partial charge in [-0.2, -0.15) is 0 Å². The van der Waals surface area contributed by atoms with Gasteiger partial charge in [-0.05, 0) is 36.8 Å². The fourth-order valence-electron chi connectivity index (χ4n) is 3.69. The summed E-state index contributed by atoms with van der Waals surface area (Å²) in [6.07, 6.45) is 0. The van der Waals surface area contributed by atoms with Crippen molar-refractivity contribution in [3.05, 3.63) is 71.3 Å². The van der Waals surface area contributed by atoms with Crippen molar-refractivity contribution in [2.24, 2.45) is 0 Å². The fraction of sp³-hybridized carbons (Fsp3) is 0.150. The number of rotatable bonds is 1. The van der Waals surface area contributed by atoms with Crippen molar-refractivity contribution in [2.45, 2.75) is 20.8 Å². The van der Waals surface area contributed by atoms with Crippen LogP contribution < -0.4 is 4.65 Å². The lowest BCUT2D eigenvalue weighted by atomic mass is 9.90. The van der Waals surface area contributed by atoms with Crippen LogP contribution in [0.2, 0.25) is 0 Å². The summed E-state index contributed by atoms with van der Waals surface area (Å²) in [7, 11) is -4.20. The Morgan fingerprint density at radius 2 is 1.68 bits per heavy atom. The van der Waals surface area contributed by atoms with Crippen LogP contribution in [0.15, 0.2) is 54.6 Å². The number of hydrogen-bond donors (Lipinski definition) is 0. The number of aryl methyl sites for hydroxylation is 2. The molecule has 0 fully saturated rings. The maximum atomic E-state index is 14.9. The SMILES string of the molecule is CC1=[N+](c2ccc(C)cc2C)[B-](F)(F)Oc2ccc3ccccc3c21. The van der Waals surface area contributed by atoms with Gasteiger partial charge in [0.05, 0.1) is 11.3 Å². The average molecular weight is 337 g/mol. The molecule has 0 saturated heterocycles. The Bertz CT molecular complexity index is 1040. The summed E-state index contributed by atoms with van der Waals surface area (Å²) in [5.74, 6) is 0.238. The van der Waals surface area contributed by atoms with Crippen LogP contribution in [0.1, 0.15) is 23.6 Å². The first-order chi connectivity index (χ1) is 11.9. The standard InChI is InChI=1S/C20H18BF2NO/c1-13-8-10-18(14(2)12-13)24-15(3)20-17-7-5-4-6-16(17)9-11-19(20)25-21(24,22)23/h4-12H,1-3H3. The van der Waals surface area contributed by atoms with Crippen molar-refractivity contribution >= 4 is 29.2 Å². The number of halogens is 2. The Hall–Kier alpha value is -2.69. The van der Waals surface area contributed by atoms with Crippen molar-refractivity contribution < 1.29 is 17.8 Å². The molecule has 4 rings (SSSR count). The summed E-state index contributed by atoms with van der Waals surface area (Å²) in [6, 6.07) is 16.7. The van der Waals surface area contributed by atoms with Crippen LogP contribution in [0.25, 0.3) is 10.8 Å². The van der Waals surface area contributed by atoms with Gasteiger partial charge in [0.2, 0.25) is 0 Å². The molecule has 3 aromatic carbocycles. The van der Waals surface area contributed by atoms with Gasteiger partial charge < -0.3 is 17.8 Å². The van der Waals surface area contributed by atoms with Crippen LogP contribution in [0.3, 0.4) is 0 Å². The third-order valence-corrected chi connectivity index (χ3v) is 4.80. The van der Waals surface area contributed by atoms with Crippen LogP contribution >= 0.6 is 0 Å². The van der Waals surface area contributed by atoms with Gasteiger partial charge >= 0.3 is 7.04 Å². The van der Waals surface area contributed by atoms with Crippen molar-refractivity contribution in [3.8, 4) is 5.75 Å². The number of hydrogen-bond acceptors (Lipinski definition) is 1. The molecule has 0 bridgehead atoms. The van der Waals surface area contributed by atoms with Crippen LogP contribution in [0.4, 0.5) is 14.3 Å². The van der Waals surface area contributed by atoms with Crippen LogP contribution in [0, 0.1) is 13.8 Å². The summed E-state index contributed by atoms with van der Waals surface area (Å²) in [5.41, 5.74) is 3.55. The minimum atomic E-state index is -4.20. The fourth-order valence-corrected chi connectivity index (χ4v) is 3.69. The van der Waals surface area contributed by atoms with E-state index in [0.29, 0.717) is 11.4 Å². The molecule has 0 N–H and O–H groups in total. The van der Waals surface area contributed by atoms with E-state index in [9.17, 15) is 8.63 Å². The lowest BCUT2D eigenvalue weighted by molar-refractivity contribution is -0.350. The second kappa shape index (κ2) is 5.41. The van der Waals surface area contributed by atoms with Gasteiger partial charge in [-0.25, -0.2) is 0 Å². The third-order valence-electron chi connectivity index (χ3n) is 4.80. The molecular weight excluding hydrogens is 319 g/mol. The van der Waals surface area contributed by atoms with E-state index < -0.39 is 7.04 Å². The Kier molecular flexibility index (Phi) is 3.42. The zero-order chi connectivity index (χ0) is 17.8. The quantitative estimate of drug-likeness (QED) is 0.543. The van der Waals surface area contributed by atoms with Gasteiger partial charge in [-0.1, -0.05) is 42.0 Å². The summed E-state index contributed by atoms with van der Waals surface area (Å²) < 4.78 is 36.1. The first kappa shape index (κ1) is 15.8. The van der Waals surface area contributed by atoms with Gasteiger partial charge in [0.1, 0.15) is 5.71 Å². The number of fused-ring (bicyclic) bond motifs is 3. The molecule has 1 aliphatic rings. The molecule has 1 aliphatic heterocycles. The van der Waals surface area contributed by atoms with Gasteiger partial charge in [0.15, 0.2) is 5.69 Å². The van der Waals surface area contributed by atoms with Gasteiger partial charge in [0, 0.05) is 18.6 Å². The Morgan fingerprint density at radius 1 is 0.920 bits per heavy atom. The zero-order valence-electron chi connectivity index (χ0n) is 14.4. The Morgan fingerprint density at radius 3 is 2.44 bits per heavy atom. The smallest absolute Gasteiger partial charge is 0.599 e. The summed E-state index contributed by atoms with van der Waals surface area (Å²) >= 11 is 0. The number of nitrogens with zero attached hydrogens (tertiary/aromatic N) is 1. The molecule has 0 aliphatic carbocycles. The van der Waals surface area contributed by atoms with Crippen LogP contribution in [-0.2, 0) is 0 Å². The average Bonchev–Trinajstić information content (AvgIpc) is 2.55. The molecule has 0 saturated carbocycles. The van der Waals surface area contributed by atoms with E-state index in [-0.39, 0.29) is 5.75 Å². The topological polar surface area (TPSA) is 12.2 Å². The first-order valence-electron chi connectivity index (χ1n) is 8.31. The zero-order valence-corrected chi connectivity index (χ0v) is 14.4. The van der Waals surface area contributed by atoms with E-state index in [4.69, 9.17) is 4.65 Å². The lowest BCUT2D eigenvalue weighted by Crippen LogP contribution is -2.49. The molecule has 0 atom stereocenters. The predicted octanol–water partition coefficient (Wildman–Crippen LogP) is 5.38.